The van der Waals surface area contributed by atoms with Crippen LogP contribution < -0.4 is 11.1 Å². The summed E-state index contributed by atoms with van der Waals surface area (Å²) in [7, 11) is 0. The van der Waals surface area contributed by atoms with Crippen molar-refractivity contribution in [1.82, 2.24) is 5.32 Å². The Morgan fingerprint density at radius 3 is 2.41 bits per heavy atom. The van der Waals surface area contributed by atoms with Crippen LogP contribution in [0, 0.1) is 5.92 Å². The summed E-state index contributed by atoms with van der Waals surface area (Å²) in [5, 5.41) is 3.02. The zero-order valence-corrected chi connectivity index (χ0v) is 10.9. The first-order valence-corrected chi connectivity index (χ1v) is 6.25. The maximum absolute atomic E-state index is 12.0. The van der Waals surface area contributed by atoms with Gasteiger partial charge in [-0.25, -0.2) is 0 Å². The van der Waals surface area contributed by atoms with Gasteiger partial charge in [-0.05, 0) is 25.0 Å². The molecule has 17 heavy (non-hydrogen) atoms. The van der Waals surface area contributed by atoms with Crippen molar-refractivity contribution in [2.45, 2.75) is 39.7 Å². The third-order valence-electron chi connectivity index (χ3n) is 3.32. The molecule has 0 aromatic heterocycles. The van der Waals surface area contributed by atoms with Crippen LogP contribution in [0.25, 0.3) is 0 Å². The molecule has 0 aliphatic heterocycles. The van der Waals surface area contributed by atoms with Crippen molar-refractivity contribution in [3.63, 3.8) is 0 Å². The molecule has 3 nitrogen and oxygen atoms in total. The Labute approximate surface area is 103 Å². The Morgan fingerprint density at radius 2 is 1.88 bits per heavy atom. The van der Waals surface area contributed by atoms with Gasteiger partial charge in [-0.2, -0.15) is 0 Å². The minimum Gasteiger partial charge on any atom is -0.398 e. The fraction of sp³-hybridized carbons (Fsp3) is 0.500. The number of benzene rings is 1. The standard InChI is InChI=1S/C14H22N2O/c1-4-11(5-2)10(3)16-14(17)12-8-6-7-9-13(12)15/h6-11H,4-5,15H2,1-3H3,(H,16,17). The van der Waals surface area contributed by atoms with E-state index in [0.29, 0.717) is 17.2 Å². The van der Waals surface area contributed by atoms with E-state index in [1.807, 2.05) is 12.1 Å². The van der Waals surface area contributed by atoms with Crippen LogP contribution >= 0.6 is 0 Å². The second-order valence-electron chi connectivity index (χ2n) is 4.43. The summed E-state index contributed by atoms with van der Waals surface area (Å²) >= 11 is 0. The third-order valence-corrected chi connectivity index (χ3v) is 3.32. The SMILES string of the molecule is CCC(CC)C(C)NC(=O)c1ccccc1N. The normalized spacial score (nSPS) is 12.5. The van der Waals surface area contributed by atoms with E-state index < -0.39 is 0 Å². The van der Waals surface area contributed by atoms with Crippen LogP contribution in [0.2, 0.25) is 0 Å². The van der Waals surface area contributed by atoms with Crippen molar-refractivity contribution >= 4 is 11.6 Å². The highest BCUT2D eigenvalue weighted by atomic mass is 16.1. The molecule has 0 spiro atoms. The summed E-state index contributed by atoms with van der Waals surface area (Å²) in [6.07, 6.45) is 2.14. The van der Waals surface area contributed by atoms with E-state index >= 15 is 0 Å². The number of nitrogens with two attached hydrogens (primary N) is 1. The Bertz CT molecular complexity index is 372. The van der Waals surface area contributed by atoms with Gasteiger partial charge in [0.2, 0.25) is 0 Å². The lowest BCUT2D eigenvalue weighted by Crippen LogP contribution is -2.38. The smallest absolute Gasteiger partial charge is 0.253 e. The number of nitrogen functional groups attached to an aromatic ring is 1. The molecule has 1 amide bonds. The first kappa shape index (κ1) is 13.6. The Morgan fingerprint density at radius 1 is 1.29 bits per heavy atom. The van der Waals surface area contributed by atoms with Gasteiger partial charge in [-0.15, -0.1) is 0 Å². The fourth-order valence-corrected chi connectivity index (χ4v) is 2.10. The highest BCUT2D eigenvalue weighted by Crippen LogP contribution is 2.15. The molecule has 1 rings (SSSR count). The number of rotatable bonds is 5. The van der Waals surface area contributed by atoms with Gasteiger partial charge in [-0.1, -0.05) is 38.8 Å². The number of anilines is 1. The van der Waals surface area contributed by atoms with Crippen molar-refractivity contribution in [3.05, 3.63) is 29.8 Å². The molecule has 0 bridgehead atoms. The zero-order chi connectivity index (χ0) is 12.8. The number of hydrogen-bond acceptors (Lipinski definition) is 2. The summed E-state index contributed by atoms with van der Waals surface area (Å²) in [5.41, 5.74) is 6.87. The van der Waals surface area contributed by atoms with Crippen LogP contribution in [0.4, 0.5) is 5.69 Å². The topological polar surface area (TPSA) is 55.1 Å². The predicted octanol–water partition coefficient (Wildman–Crippen LogP) is 2.82. The van der Waals surface area contributed by atoms with E-state index in [1.165, 1.54) is 0 Å². The minimum atomic E-state index is -0.0810. The molecule has 1 aromatic carbocycles. The molecule has 1 atom stereocenters. The number of hydrogen-bond donors (Lipinski definition) is 2. The van der Waals surface area contributed by atoms with Crippen LogP contribution in [-0.4, -0.2) is 11.9 Å². The van der Waals surface area contributed by atoms with Gasteiger partial charge in [0.25, 0.3) is 5.91 Å². The van der Waals surface area contributed by atoms with Gasteiger partial charge in [0, 0.05) is 11.7 Å². The first-order chi connectivity index (χ1) is 8.10. The summed E-state index contributed by atoms with van der Waals surface area (Å²) in [6, 6.07) is 7.34. The average Bonchev–Trinajstić information content (AvgIpc) is 2.31. The van der Waals surface area contributed by atoms with Crippen LogP contribution in [0.1, 0.15) is 44.0 Å². The van der Waals surface area contributed by atoms with Crippen molar-refractivity contribution in [2.24, 2.45) is 5.92 Å². The monoisotopic (exact) mass is 234 g/mol. The van der Waals surface area contributed by atoms with Gasteiger partial charge in [0.15, 0.2) is 0 Å². The molecule has 94 valence electrons. The predicted molar refractivity (Wildman–Crippen MR) is 71.9 cm³/mol. The highest BCUT2D eigenvalue weighted by molar-refractivity contribution is 5.99. The van der Waals surface area contributed by atoms with Crippen LogP contribution in [0.3, 0.4) is 0 Å². The maximum atomic E-state index is 12.0. The first-order valence-electron chi connectivity index (χ1n) is 6.25. The van der Waals surface area contributed by atoms with E-state index in [9.17, 15) is 4.79 Å². The number of carbonyl (C=O) groups excluding carboxylic acids is 1. The van der Waals surface area contributed by atoms with Gasteiger partial charge in [0.05, 0.1) is 5.56 Å². The molecule has 0 radical (unpaired) electrons. The molecule has 1 unspecified atom stereocenters. The number of carbonyl (C=O) groups is 1. The summed E-state index contributed by atoms with van der Waals surface area (Å²) in [5.74, 6) is 0.436. The zero-order valence-electron chi connectivity index (χ0n) is 10.9. The molecule has 0 aliphatic carbocycles. The maximum Gasteiger partial charge on any atom is 0.253 e. The third kappa shape index (κ3) is 3.48. The van der Waals surface area contributed by atoms with E-state index in [2.05, 4.69) is 26.1 Å². The molecule has 0 saturated carbocycles. The molecular weight excluding hydrogens is 212 g/mol. The second-order valence-corrected chi connectivity index (χ2v) is 4.43. The second kappa shape index (κ2) is 6.28. The molecule has 3 heteroatoms. The van der Waals surface area contributed by atoms with E-state index in [4.69, 9.17) is 5.73 Å². The van der Waals surface area contributed by atoms with Gasteiger partial charge >= 0.3 is 0 Å². The summed E-state index contributed by atoms with van der Waals surface area (Å²) < 4.78 is 0. The molecule has 0 saturated heterocycles. The lowest BCUT2D eigenvalue weighted by molar-refractivity contribution is 0.0926. The van der Waals surface area contributed by atoms with Gasteiger partial charge in [-0.3, -0.25) is 4.79 Å². The molecule has 0 fully saturated rings. The largest absolute Gasteiger partial charge is 0.398 e. The van der Waals surface area contributed by atoms with Crippen molar-refractivity contribution in [3.8, 4) is 0 Å². The lowest BCUT2D eigenvalue weighted by Gasteiger charge is -2.22. The molecule has 3 N–H and O–H groups in total. The van der Waals surface area contributed by atoms with Gasteiger partial charge < -0.3 is 11.1 Å². The molecular formula is C14H22N2O. The lowest BCUT2D eigenvalue weighted by atomic mass is 9.95. The van der Waals surface area contributed by atoms with Crippen LogP contribution in [-0.2, 0) is 0 Å². The quantitative estimate of drug-likeness (QED) is 0.770. The Kier molecular flexibility index (Phi) is 5.01. The van der Waals surface area contributed by atoms with E-state index in [-0.39, 0.29) is 11.9 Å². The van der Waals surface area contributed by atoms with Crippen molar-refractivity contribution in [1.29, 1.82) is 0 Å². The Balaban J connectivity index is 2.70. The van der Waals surface area contributed by atoms with E-state index in [1.54, 1.807) is 12.1 Å². The molecule has 0 heterocycles. The minimum absolute atomic E-state index is 0.0810. The summed E-state index contributed by atoms with van der Waals surface area (Å²) in [6.45, 7) is 6.34. The molecule has 0 aliphatic rings. The van der Waals surface area contributed by atoms with Crippen LogP contribution in [0.15, 0.2) is 24.3 Å². The number of para-hydroxylation sites is 1. The van der Waals surface area contributed by atoms with Crippen molar-refractivity contribution < 1.29 is 4.79 Å². The number of amides is 1. The van der Waals surface area contributed by atoms with Crippen LogP contribution in [0.5, 0.6) is 0 Å². The molecule has 1 aromatic rings. The fourth-order valence-electron chi connectivity index (χ4n) is 2.10. The number of nitrogens with one attached hydrogen (secondary N) is 1. The van der Waals surface area contributed by atoms with Crippen molar-refractivity contribution in [2.75, 3.05) is 5.73 Å². The highest BCUT2D eigenvalue weighted by Gasteiger charge is 2.17. The van der Waals surface area contributed by atoms with Gasteiger partial charge in [0.1, 0.15) is 0 Å². The Hall–Kier alpha value is -1.51. The average molecular weight is 234 g/mol. The summed E-state index contributed by atoms with van der Waals surface area (Å²) in [4.78, 5) is 12.0. The van der Waals surface area contributed by atoms with E-state index in [0.717, 1.165) is 12.8 Å².